The predicted molar refractivity (Wildman–Crippen MR) is 104 cm³/mol. The number of carbonyl (C=O) groups is 1. The first kappa shape index (κ1) is 20.2. The van der Waals surface area contributed by atoms with Crippen LogP contribution in [0, 0.1) is 5.92 Å². The summed E-state index contributed by atoms with van der Waals surface area (Å²) in [5.74, 6) is -0.0103. The molecular weight excluding hydrogens is 356 g/mol. The third-order valence-electron chi connectivity index (χ3n) is 4.56. The van der Waals surface area contributed by atoms with Gasteiger partial charge in [0.05, 0.1) is 0 Å². The standard InChI is InChI=1S/C16H27ClN8O/c17-12-14(20)24-13(19)11(23-12)15(26)25-16(21)22-8-2-1-3-9-4-6-10(18)7-5-9/h9-10H,1-8,18H2,(H4,19,20,24)(H3,21,22,25,26). The molecule has 0 atom stereocenters. The molecule has 144 valence electrons. The molecule has 1 aliphatic rings. The Morgan fingerprint density at radius 1 is 1.15 bits per heavy atom. The first-order valence-corrected chi connectivity index (χ1v) is 9.20. The molecule has 1 heterocycles. The molecule has 1 saturated carbocycles. The molecule has 1 fully saturated rings. The molecule has 0 radical (unpaired) electrons. The molecule has 1 aromatic heterocycles. The second kappa shape index (κ2) is 9.54. The third kappa shape index (κ3) is 5.99. The summed E-state index contributed by atoms with van der Waals surface area (Å²) in [6, 6.07) is 0.383. The molecule has 0 saturated heterocycles. The monoisotopic (exact) mass is 382 g/mol. The number of unbranched alkanes of at least 4 members (excludes halogenated alkanes) is 1. The van der Waals surface area contributed by atoms with Crippen molar-refractivity contribution in [2.75, 3.05) is 18.0 Å². The number of aromatic nitrogens is 2. The number of nitrogens with one attached hydrogen (secondary N) is 1. The van der Waals surface area contributed by atoms with Gasteiger partial charge in [-0.25, -0.2) is 9.97 Å². The molecule has 0 bridgehead atoms. The SMILES string of the molecule is NC(=NCCCCC1CCC(N)CC1)NC(=O)c1nc(Cl)c(N)nc1N. The van der Waals surface area contributed by atoms with Crippen LogP contribution >= 0.6 is 11.6 Å². The molecule has 0 unspecified atom stereocenters. The topological polar surface area (TPSA) is 171 Å². The van der Waals surface area contributed by atoms with E-state index in [0.717, 1.165) is 31.6 Å². The fourth-order valence-electron chi connectivity index (χ4n) is 3.04. The lowest BCUT2D eigenvalue weighted by Gasteiger charge is -2.25. The summed E-state index contributed by atoms with van der Waals surface area (Å²) in [5, 5.41) is 2.33. The van der Waals surface area contributed by atoms with Crippen LogP contribution < -0.4 is 28.3 Å². The minimum atomic E-state index is -0.628. The van der Waals surface area contributed by atoms with Crippen LogP contribution in [0.25, 0.3) is 0 Å². The van der Waals surface area contributed by atoms with E-state index >= 15 is 0 Å². The lowest BCUT2D eigenvalue weighted by Crippen LogP contribution is -2.38. The molecule has 10 heteroatoms. The van der Waals surface area contributed by atoms with Gasteiger partial charge in [-0.2, -0.15) is 0 Å². The van der Waals surface area contributed by atoms with Gasteiger partial charge in [-0.15, -0.1) is 0 Å². The summed E-state index contributed by atoms with van der Waals surface area (Å²) < 4.78 is 0. The van der Waals surface area contributed by atoms with Gasteiger partial charge in [0.15, 0.2) is 28.4 Å². The third-order valence-corrected chi connectivity index (χ3v) is 4.83. The minimum Gasteiger partial charge on any atom is -0.382 e. The Bertz CT molecular complexity index is 658. The van der Waals surface area contributed by atoms with Crippen molar-refractivity contribution in [2.45, 2.75) is 51.0 Å². The molecule has 1 aromatic rings. The van der Waals surface area contributed by atoms with E-state index < -0.39 is 5.91 Å². The van der Waals surface area contributed by atoms with E-state index in [1.54, 1.807) is 0 Å². The normalized spacial score (nSPS) is 20.8. The van der Waals surface area contributed by atoms with Crippen molar-refractivity contribution in [3.63, 3.8) is 0 Å². The summed E-state index contributed by atoms with van der Waals surface area (Å²) in [6.07, 6.45) is 7.87. The van der Waals surface area contributed by atoms with Gasteiger partial charge in [0.25, 0.3) is 5.91 Å². The number of hydrogen-bond donors (Lipinski definition) is 5. The summed E-state index contributed by atoms with van der Waals surface area (Å²) >= 11 is 5.75. The van der Waals surface area contributed by atoms with E-state index in [9.17, 15) is 4.79 Å². The van der Waals surface area contributed by atoms with Crippen molar-refractivity contribution in [3.8, 4) is 0 Å². The zero-order chi connectivity index (χ0) is 19.1. The Morgan fingerprint density at radius 2 is 1.85 bits per heavy atom. The Hall–Kier alpha value is -2.13. The molecule has 0 aromatic carbocycles. The zero-order valence-corrected chi connectivity index (χ0v) is 15.5. The van der Waals surface area contributed by atoms with Gasteiger partial charge in [-0.1, -0.05) is 24.4 Å². The molecule has 1 amide bonds. The fourth-order valence-corrected chi connectivity index (χ4v) is 3.17. The molecule has 1 aliphatic carbocycles. The van der Waals surface area contributed by atoms with E-state index in [1.807, 2.05) is 0 Å². The molecule has 0 spiro atoms. The molecular formula is C16H27ClN8O. The average molecular weight is 383 g/mol. The van der Waals surface area contributed by atoms with Crippen molar-refractivity contribution in [3.05, 3.63) is 10.8 Å². The Kier molecular flexibility index (Phi) is 7.40. The lowest BCUT2D eigenvalue weighted by atomic mass is 9.83. The number of amides is 1. The Labute approximate surface area is 158 Å². The predicted octanol–water partition coefficient (Wildman–Crippen LogP) is 1.03. The average Bonchev–Trinajstić information content (AvgIpc) is 2.59. The summed E-state index contributed by atoms with van der Waals surface area (Å²) in [6.45, 7) is 0.544. The maximum absolute atomic E-state index is 12.1. The van der Waals surface area contributed by atoms with Gasteiger partial charge in [0, 0.05) is 12.6 Å². The molecule has 2 rings (SSSR count). The van der Waals surface area contributed by atoms with Crippen LogP contribution in [-0.2, 0) is 0 Å². The van der Waals surface area contributed by atoms with Crippen molar-refractivity contribution < 1.29 is 4.79 Å². The van der Waals surface area contributed by atoms with Crippen LogP contribution in [0.3, 0.4) is 0 Å². The second-order valence-electron chi connectivity index (χ2n) is 6.63. The van der Waals surface area contributed by atoms with E-state index in [-0.39, 0.29) is 28.4 Å². The number of nitrogens with zero attached hydrogens (tertiary/aromatic N) is 3. The number of hydrogen-bond acceptors (Lipinski definition) is 7. The number of guanidine groups is 1. The van der Waals surface area contributed by atoms with Crippen LogP contribution in [0.2, 0.25) is 5.15 Å². The minimum absolute atomic E-state index is 0.00721. The Balaban J connectivity index is 1.72. The summed E-state index contributed by atoms with van der Waals surface area (Å²) in [4.78, 5) is 23.8. The van der Waals surface area contributed by atoms with Gasteiger partial charge >= 0.3 is 0 Å². The van der Waals surface area contributed by atoms with Gasteiger partial charge < -0.3 is 22.9 Å². The van der Waals surface area contributed by atoms with Crippen LogP contribution in [-0.4, -0.2) is 34.4 Å². The van der Waals surface area contributed by atoms with Crippen molar-refractivity contribution >= 4 is 35.1 Å². The van der Waals surface area contributed by atoms with Crippen molar-refractivity contribution in [2.24, 2.45) is 22.4 Å². The van der Waals surface area contributed by atoms with Crippen LogP contribution in [0.5, 0.6) is 0 Å². The highest BCUT2D eigenvalue weighted by Crippen LogP contribution is 2.27. The first-order valence-electron chi connectivity index (χ1n) is 8.82. The lowest BCUT2D eigenvalue weighted by molar-refractivity contribution is 0.0972. The van der Waals surface area contributed by atoms with Crippen LogP contribution in [0.15, 0.2) is 4.99 Å². The molecule has 9 N–H and O–H groups in total. The van der Waals surface area contributed by atoms with E-state index in [1.165, 1.54) is 19.3 Å². The maximum Gasteiger partial charge on any atom is 0.280 e. The van der Waals surface area contributed by atoms with E-state index in [0.29, 0.717) is 12.6 Å². The van der Waals surface area contributed by atoms with Gasteiger partial charge in [-0.05, 0) is 38.0 Å². The number of halogens is 1. The number of rotatable bonds is 6. The quantitative estimate of drug-likeness (QED) is 0.277. The number of carbonyl (C=O) groups excluding carboxylic acids is 1. The van der Waals surface area contributed by atoms with E-state index in [2.05, 4.69) is 20.3 Å². The molecule has 9 nitrogen and oxygen atoms in total. The van der Waals surface area contributed by atoms with Gasteiger partial charge in [-0.3, -0.25) is 15.1 Å². The van der Waals surface area contributed by atoms with Crippen LogP contribution in [0.4, 0.5) is 11.6 Å². The molecule has 0 aliphatic heterocycles. The summed E-state index contributed by atoms with van der Waals surface area (Å²) in [5.41, 5.74) is 22.6. The highest BCUT2D eigenvalue weighted by Gasteiger charge is 2.18. The highest BCUT2D eigenvalue weighted by atomic mass is 35.5. The number of aliphatic imine (C=N–C) groups is 1. The zero-order valence-electron chi connectivity index (χ0n) is 14.7. The first-order chi connectivity index (χ1) is 12.4. The van der Waals surface area contributed by atoms with Crippen LogP contribution in [0.1, 0.15) is 55.4 Å². The smallest absolute Gasteiger partial charge is 0.280 e. The maximum atomic E-state index is 12.1. The summed E-state index contributed by atoms with van der Waals surface area (Å²) in [7, 11) is 0. The van der Waals surface area contributed by atoms with Crippen molar-refractivity contribution in [1.29, 1.82) is 0 Å². The number of anilines is 2. The Morgan fingerprint density at radius 3 is 2.54 bits per heavy atom. The van der Waals surface area contributed by atoms with E-state index in [4.69, 9.17) is 34.5 Å². The largest absolute Gasteiger partial charge is 0.382 e. The van der Waals surface area contributed by atoms with Crippen molar-refractivity contribution in [1.82, 2.24) is 15.3 Å². The van der Waals surface area contributed by atoms with Gasteiger partial charge in [0.1, 0.15) is 0 Å². The number of nitrogen functional groups attached to an aromatic ring is 2. The molecule has 26 heavy (non-hydrogen) atoms. The second-order valence-corrected chi connectivity index (χ2v) is 6.99. The van der Waals surface area contributed by atoms with Gasteiger partial charge in [0.2, 0.25) is 0 Å². The number of nitrogens with two attached hydrogens (primary N) is 4. The highest BCUT2D eigenvalue weighted by molar-refractivity contribution is 6.31. The fraction of sp³-hybridized carbons (Fsp3) is 0.625.